The summed E-state index contributed by atoms with van der Waals surface area (Å²) in [5.74, 6) is 2.82. The summed E-state index contributed by atoms with van der Waals surface area (Å²) in [6.45, 7) is 10.0. The molecule has 1 saturated heterocycles. The molecule has 1 fully saturated rings. The van der Waals surface area contributed by atoms with Crippen molar-refractivity contribution in [3.05, 3.63) is 41.9 Å². The third kappa shape index (κ3) is 6.54. The lowest BCUT2D eigenvalue weighted by molar-refractivity contribution is 0.153. The minimum atomic E-state index is 0.0213. The van der Waals surface area contributed by atoms with Crippen molar-refractivity contribution in [1.29, 1.82) is 0 Å². The number of hydrogen-bond donors (Lipinski definition) is 2. The fourth-order valence-corrected chi connectivity index (χ4v) is 5.20. The Morgan fingerprint density at radius 1 is 1.03 bits per heavy atom. The van der Waals surface area contributed by atoms with E-state index in [0.717, 1.165) is 24.2 Å². The van der Waals surface area contributed by atoms with Gasteiger partial charge in [-0.25, -0.2) is 0 Å². The number of thiocarbonyl (C=S) groups is 1. The molecule has 0 amide bonds. The van der Waals surface area contributed by atoms with Crippen molar-refractivity contribution in [3.8, 4) is 17.2 Å². The Hall–Kier alpha value is -2.45. The van der Waals surface area contributed by atoms with E-state index in [1.165, 1.54) is 0 Å². The van der Waals surface area contributed by atoms with Gasteiger partial charge in [-0.05, 0) is 71.0 Å². The van der Waals surface area contributed by atoms with Crippen LogP contribution in [0.1, 0.15) is 51.9 Å². The molecule has 8 heteroatoms. The van der Waals surface area contributed by atoms with E-state index in [0.29, 0.717) is 35.5 Å². The van der Waals surface area contributed by atoms with Crippen LogP contribution in [0.5, 0.6) is 17.2 Å². The maximum absolute atomic E-state index is 5.92. The van der Waals surface area contributed by atoms with Crippen molar-refractivity contribution in [2.45, 2.75) is 70.7 Å². The first-order valence-electron chi connectivity index (χ1n) is 11.2. The monoisotopic (exact) mass is 475 g/mol. The molecule has 1 aromatic carbocycles. The van der Waals surface area contributed by atoms with Gasteiger partial charge in [0.15, 0.2) is 16.6 Å². The minimum Gasteiger partial charge on any atom is -0.496 e. The first-order valence-corrected chi connectivity index (χ1v) is 11.6. The van der Waals surface area contributed by atoms with Crippen LogP contribution in [0, 0.1) is 0 Å². The molecule has 0 atom stereocenters. The van der Waals surface area contributed by atoms with Gasteiger partial charge in [0.05, 0.1) is 34.1 Å². The van der Waals surface area contributed by atoms with E-state index in [1.807, 2.05) is 24.3 Å². The minimum absolute atomic E-state index is 0.0213. The lowest BCUT2D eigenvalue weighted by Gasteiger charge is -2.47. The molecule has 0 spiro atoms. The molecular formula is C25H37N3O4S. The quantitative estimate of drug-likeness (QED) is 0.542. The summed E-state index contributed by atoms with van der Waals surface area (Å²) in [6.07, 6.45) is 3.63. The Bertz CT molecular complexity index is 927. The number of benzene rings is 1. The van der Waals surface area contributed by atoms with Gasteiger partial charge >= 0.3 is 0 Å². The Kier molecular flexibility index (Phi) is 7.80. The summed E-state index contributed by atoms with van der Waals surface area (Å²) in [4.78, 5) is 2.10. The third-order valence-corrected chi connectivity index (χ3v) is 6.26. The van der Waals surface area contributed by atoms with E-state index in [2.05, 4.69) is 43.2 Å². The van der Waals surface area contributed by atoms with Crippen LogP contribution in [0.3, 0.4) is 0 Å². The van der Waals surface area contributed by atoms with Crippen LogP contribution in [0.2, 0.25) is 0 Å². The van der Waals surface area contributed by atoms with Crippen LogP contribution in [0.25, 0.3) is 0 Å². The van der Waals surface area contributed by atoms with Gasteiger partial charge in [0.2, 0.25) is 0 Å². The Morgan fingerprint density at radius 3 is 2.18 bits per heavy atom. The largest absolute Gasteiger partial charge is 0.496 e. The van der Waals surface area contributed by atoms with Crippen molar-refractivity contribution in [1.82, 2.24) is 15.5 Å². The fraction of sp³-hybridized carbons (Fsp3) is 0.560. The maximum atomic E-state index is 5.92. The average molecular weight is 476 g/mol. The Morgan fingerprint density at radius 2 is 1.64 bits per heavy atom. The van der Waals surface area contributed by atoms with Gasteiger partial charge in [0.1, 0.15) is 11.5 Å². The van der Waals surface area contributed by atoms with Crippen LogP contribution < -0.4 is 24.8 Å². The summed E-state index contributed by atoms with van der Waals surface area (Å²) in [7, 11) is 4.89. The van der Waals surface area contributed by atoms with E-state index in [1.54, 1.807) is 27.6 Å². The number of furan rings is 1. The molecule has 182 valence electrons. The topological polar surface area (TPSA) is 68.1 Å². The van der Waals surface area contributed by atoms with E-state index in [9.17, 15) is 0 Å². The van der Waals surface area contributed by atoms with Crippen LogP contribution in [-0.4, -0.2) is 48.5 Å². The van der Waals surface area contributed by atoms with E-state index in [-0.39, 0.29) is 17.1 Å². The van der Waals surface area contributed by atoms with Gasteiger partial charge in [-0.1, -0.05) is 0 Å². The zero-order valence-corrected chi connectivity index (χ0v) is 21.6. The highest BCUT2D eigenvalue weighted by molar-refractivity contribution is 7.80. The van der Waals surface area contributed by atoms with Crippen molar-refractivity contribution in [3.63, 3.8) is 0 Å². The molecule has 0 bridgehead atoms. The normalized spacial score (nSPS) is 17.3. The van der Waals surface area contributed by atoms with Crippen molar-refractivity contribution in [2.75, 3.05) is 21.3 Å². The molecule has 2 heterocycles. The number of methoxy groups -OCH3 is 3. The number of nitrogens with one attached hydrogen (secondary N) is 2. The summed E-state index contributed by atoms with van der Waals surface area (Å²) in [5, 5.41) is 8.04. The van der Waals surface area contributed by atoms with Gasteiger partial charge in [-0.2, -0.15) is 0 Å². The predicted octanol–water partition coefficient (Wildman–Crippen LogP) is 4.49. The molecule has 0 aliphatic carbocycles. The molecule has 1 aliphatic heterocycles. The average Bonchev–Trinajstić information content (AvgIpc) is 3.23. The number of piperidine rings is 1. The zero-order valence-electron chi connectivity index (χ0n) is 20.8. The molecular weight excluding hydrogens is 438 g/mol. The van der Waals surface area contributed by atoms with E-state index >= 15 is 0 Å². The molecule has 0 radical (unpaired) electrons. The molecule has 1 aliphatic rings. The second-order valence-corrected chi connectivity index (χ2v) is 10.3. The van der Waals surface area contributed by atoms with Crippen LogP contribution in [0.15, 0.2) is 34.9 Å². The predicted molar refractivity (Wildman–Crippen MR) is 134 cm³/mol. The van der Waals surface area contributed by atoms with Gasteiger partial charge in [0.25, 0.3) is 0 Å². The highest BCUT2D eigenvalue weighted by Crippen LogP contribution is 2.35. The lowest BCUT2D eigenvalue weighted by atomic mass is 9.80. The van der Waals surface area contributed by atoms with Gasteiger partial charge in [-0.3, -0.25) is 0 Å². The molecule has 3 rings (SSSR count). The molecule has 2 aromatic rings. The second kappa shape index (κ2) is 10.2. The summed E-state index contributed by atoms with van der Waals surface area (Å²) in [6, 6.07) is 7.88. The van der Waals surface area contributed by atoms with E-state index in [4.69, 9.17) is 30.8 Å². The third-order valence-electron chi connectivity index (χ3n) is 5.88. The lowest BCUT2D eigenvalue weighted by Crippen LogP contribution is -2.62. The second-order valence-electron chi connectivity index (χ2n) is 9.90. The smallest absolute Gasteiger partial charge is 0.169 e. The first kappa shape index (κ1) is 25.2. The maximum Gasteiger partial charge on any atom is 0.169 e. The SMILES string of the molecule is COc1cc(OC)c(OC)cc1CN(Cc1ccco1)C(=S)NC1CC(C)(C)NC(C)(C)C1. The zero-order chi connectivity index (χ0) is 24.2. The summed E-state index contributed by atoms with van der Waals surface area (Å²) in [5.41, 5.74) is 0.984. The van der Waals surface area contributed by atoms with Gasteiger partial charge in [0, 0.05) is 35.3 Å². The number of ether oxygens (including phenoxy) is 3. The first-order chi connectivity index (χ1) is 15.6. The number of rotatable bonds is 8. The molecule has 1 aromatic heterocycles. The highest BCUT2D eigenvalue weighted by Gasteiger charge is 2.38. The molecule has 0 unspecified atom stereocenters. The van der Waals surface area contributed by atoms with Crippen molar-refractivity contribution < 1.29 is 18.6 Å². The number of nitrogens with zero attached hydrogens (tertiary/aromatic N) is 1. The standard InChI is InChI=1S/C25H37N3O4S/c1-24(2)13-18(14-25(3,4)27-24)26-23(33)28(16-19-9-8-10-32-19)15-17-11-21(30-6)22(31-7)12-20(17)29-5/h8-12,18,27H,13-16H2,1-7H3,(H,26,33). The van der Waals surface area contributed by atoms with Crippen LogP contribution in [0.4, 0.5) is 0 Å². The van der Waals surface area contributed by atoms with Gasteiger partial charge < -0.3 is 34.2 Å². The summed E-state index contributed by atoms with van der Waals surface area (Å²) < 4.78 is 22.2. The highest BCUT2D eigenvalue weighted by atomic mass is 32.1. The van der Waals surface area contributed by atoms with Gasteiger partial charge in [-0.15, -0.1) is 0 Å². The summed E-state index contributed by atoms with van der Waals surface area (Å²) >= 11 is 5.92. The fourth-order valence-electron chi connectivity index (χ4n) is 4.90. The number of hydrogen-bond acceptors (Lipinski definition) is 6. The molecule has 7 nitrogen and oxygen atoms in total. The molecule has 2 N–H and O–H groups in total. The molecule has 33 heavy (non-hydrogen) atoms. The van der Waals surface area contributed by atoms with E-state index < -0.39 is 0 Å². The molecule has 0 saturated carbocycles. The van der Waals surface area contributed by atoms with Crippen molar-refractivity contribution in [2.24, 2.45) is 0 Å². The van der Waals surface area contributed by atoms with Crippen molar-refractivity contribution >= 4 is 17.3 Å². The Labute approximate surface area is 202 Å². The van der Waals surface area contributed by atoms with Crippen LogP contribution in [-0.2, 0) is 13.1 Å². The Balaban J connectivity index is 1.85. The van der Waals surface area contributed by atoms with Crippen LogP contribution >= 0.6 is 12.2 Å².